The van der Waals surface area contributed by atoms with Gasteiger partial charge in [0.1, 0.15) is 0 Å². The van der Waals surface area contributed by atoms with Gasteiger partial charge in [0, 0.05) is 5.56 Å². The fraction of sp³-hybridized carbons (Fsp3) is 0.0769. The zero-order valence-electron chi connectivity index (χ0n) is 9.53. The first kappa shape index (κ1) is 14.4. The topological polar surface area (TPSA) is 0 Å². The van der Waals surface area contributed by atoms with Crippen molar-refractivity contribution in [3.8, 4) is 11.1 Å². The number of rotatable bonds is 1. The highest BCUT2D eigenvalue weighted by atomic mass is 19.4. The minimum Gasteiger partial charge on any atom is -0.204 e. The molecule has 0 fully saturated rings. The average Bonchev–Trinajstić information content (AvgIpc) is 2.40. The van der Waals surface area contributed by atoms with Crippen molar-refractivity contribution in [2.45, 2.75) is 6.18 Å². The van der Waals surface area contributed by atoms with E-state index in [9.17, 15) is 30.7 Å². The molecule has 106 valence electrons. The molecule has 7 heteroatoms. The molecule has 0 nitrogen and oxygen atoms in total. The number of alkyl halides is 3. The molecule has 0 aliphatic rings. The number of halogens is 7. The van der Waals surface area contributed by atoms with Crippen LogP contribution in [-0.2, 0) is 6.18 Å². The van der Waals surface area contributed by atoms with Crippen molar-refractivity contribution < 1.29 is 30.7 Å². The maximum Gasteiger partial charge on any atom is 0.416 e. The third kappa shape index (κ3) is 2.48. The second-order valence-corrected chi connectivity index (χ2v) is 3.92. The van der Waals surface area contributed by atoms with Crippen LogP contribution in [0.15, 0.2) is 30.3 Å². The first-order valence-electron chi connectivity index (χ1n) is 5.22. The van der Waals surface area contributed by atoms with Gasteiger partial charge in [-0.3, -0.25) is 0 Å². The van der Waals surface area contributed by atoms with Gasteiger partial charge in [-0.2, -0.15) is 13.2 Å². The second-order valence-electron chi connectivity index (χ2n) is 3.92. The minimum atomic E-state index is -4.59. The van der Waals surface area contributed by atoms with E-state index in [1.807, 2.05) is 0 Å². The molecule has 0 atom stereocenters. The predicted molar refractivity (Wildman–Crippen MR) is 56.7 cm³/mol. The fourth-order valence-electron chi connectivity index (χ4n) is 1.62. The first-order valence-corrected chi connectivity index (χ1v) is 5.22. The van der Waals surface area contributed by atoms with E-state index in [0.29, 0.717) is 18.2 Å². The molecule has 0 bridgehead atoms. The lowest BCUT2D eigenvalue weighted by molar-refractivity contribution is -0.137. The Hall–Kier alpha value is -2.05. The quantitative estimate of drug-likeness (QED) is 0.397. The average molecular weight is 294 g/mol. The zero-order chi connectivity index (χ0) is 15.1. The molecule has 0 heterocycles. The highest BCUT2D eigenvalue weighted by Gasteiger charge is 2.30. The van der Waals surface area contributed by atoms with Crippen LogP contribution in [0.25, 0.3) is 11.1 Å². The summed E-state index contributed by atoms with van der Waals surface area (Å²) in [6, 6.07) is 3.34. The van der Waals surface area contributed by atoms with E-state index < -0.39 is 40.6 Å². The number of hydrogen-bond acceptors (Lipinski definition) is 0. The summed E-state index contributed by atoms with van der Waals surface area (Å²) < 4.78 is 89.3. The van der Waals surface area contributed by atoms with Gasteiger partial charge in [-0.15, -0.1) is 0 Å². The van der Waals surface area contributed by atoms with Crippen molar-refractivity contribution in [3.05, 3.63) is 59.2 Å². The molecular weight excluding hydrogens is 289 g/mol. The van der Waals surface area contributed by atoms with Crippen LogP contribution >= 0.6 is 0 Å². The van der Waals surface area contributed by atoms with Gasteiger partial charge in [0.25, 0.3) is 0 Å². The first-order chi connectivity index (χ1) is 9.21. The minimum absolute atomic E-state index is 0.201. The largest absolute Gasteiger partial charge is 0.416 e. The number of hydrogen-bond donors (Lipinski definition) is 0. The molecular formula is C13H5F7. The van der Waals surface area contributed by atoms with E-state index >= 15 is 0 Å². The van der Waals surface area contributed by atoms with Crippen LogP contribution in [0, 0.1) is 23.3 Å². The summed E-state index contributed by atoms with van der Waals surface area (Å²) in [4.78, 5) is 0. The van der Waals surface area contributed by atoms with Crippen LogP contribution in [0.5, 0.6) is 0 Å². The predicted octanol–water partition coefficient (Wildman–Crippen LogP) is 4.93. The van der Waals surface area contributed by atoms with E-state index in [1.54, 1.807) is 0 Å². The van der Waals surface area contributed by atoms with E-state index in [0.717, 1.165) is 12.1 Å². The van der Waals surface area contributed by atoms with Crippen LogP contribution in [0.2, 0.25) is 0 Å². The lowest BCUT2D eigenvalue weighted by Gasteiger charge is -2.09. The Morgan fingerprint density at radius 2 is 1.25 bits per heavy atom. The Labute approximate surface area is 108 Å². The second kappa shape index (κ2) is 4.81. The normalized spacial score (nSPS) is 11.8. The summed E-state index contributed by atoms with van der Waals surface area (Å²) in [6.45, 7) is 0. The lowest BCUT2D eigenvalue weighted by atomic mass is 10.0. The fourth-order valence-corrected chi connectivity index (χ4v) is 1.62. The van der Waals surface area contributed by atoms with Gasteiger partial charge in [-0.05, 0) is 23.8 Å². The Bertz CT molecular complexity index is 641. The summed E-state index contributed by atoms with van der Waals surface area (Å²) in [7, 11) is 0. The lowest BCUT2D eigenvalue weighted by Crippen LogP contribution is -2.04. The molecule has 0 aliphatic carbocycles. The van der Waals surface area contributed by atoms with Crippen LogP contribution in [0.3, 0.4) is 0 Å². The van der Waals surface area contributed by atoms with Crippen molar-refractivity contribution in [1.82, 2.24) is 0 Å². The van der Waals surface area contributed by atoms with Crippen LogP contribution in [0.4, 0.5) is 30.7 Å². The summed E-state index contributed by atoms with van der Waals surface area (Å²) in [5.74, 6) is -7.28. The molecule has 0 amide bonds. The van der Waals surface area contributed by atoms with E-state index in [1.165, 1.54) is 0 Å². The van der Waals surface area contributed by atoms with Crippen molar-refractivity contribution in [2.24, 2.45) is 0 Å². The van der Waals surface area contributed by atoms with Crippen LogP contribution in [-0.4, -0.2) is 0 Å². The zero-order valence-corrected chi connectivity index (χ0v) is 9.53. The van der Waals surface area contributed by atoms with Crippen molar-refractivity contribution in [3.63, 3.8) is 0 Å². The summed E-state index contributed by atoms with van der Waals surface area (Å²) in [5.41, 5.74) is -1.85. The molecule has 0 aliphatic heterocycles. The molecule has 0 unspecified atom stereocenters. The standard InChI is InChI=1S/C13H5F7/c14-9-5-8(10(15)12(17)11(9)16)6-1-3-7(4-2-6)13(18,19)20/h1-5H. The molecule has 0 radical (unpaired) electrons. The van der Waals surface area contributed by atoms with Gasteiger partial charge in [-0.1, -0.05) is 12.1 Å². The van der Waals surface area contributed by atoms with Crippen molar-refractivity contribution >= 4 is 0 Å². The molecule has 0 aromatic heterocycles. The Balaban J connectivity index is 2.53. The van der Waals surface area contributed by atoms with Crippen molar-refractivity contribution in [2.75, 3.05) is 0 Å². The SMILES string of the molecule is Fc1cc(-c2ccc(C(F)(F)F)cc2)c(F)c(F)c1F. The third-order valence-electron chi connectivity index (χ3n) is 2.63. The maximum atomic E-state index is 13.5. The molecule has 0 N–H and O–H groups in total. The van der Waals surface area contributed by atoms with Gasteiger partial charge in [0.2, 0.25) is 0 Å². The Morgan fingerprint density at radius 1 is 0.700 bits per heavy atom. The summed E-state index contributed by atoms with van der Waals surface area (Å²) in [5, 5.41) is 0. The smallest absolute Gasteiger partial charge is 0.204 e. The Kier molecular flexibility index (Phi) is 3.45. The van der Waals surface area contributed by atoms with Gasteiger partial charge in [-0.25, -0.2) is 17.6 Å². The van der Waals surface area contributed by atoms with Gasteiger partial charge in [0.15, 0.2) is 23.3 Å². The molecule has 20 heavy (non-hydrogen) atoms. The third-order valence-corrected chi connectivity index (χ3v) is 2.63. The summed E-state index contributed by atoms with van der Waals surface area (Å²) in [6.07, 6.45) is -4.59. The highest BCUT2D eigenvalue weighted by Crippen LogP contribution is 2.32. The summed E-state index contributed by atoms with van der Waals surface area (Å²) >= 11 is 0. The van der Waals surface area contributed by atoms with Crippen LogP contribution in [0.1, 0.15) is 5.56 Å². The molecule has 0 spiro atoms. The van der Waals surface area contributed by atoms with E-state index in [4.69, 9.17) is 0 Å². The monoisotopic (exact) mass is 294 g/mol. The number of benzene rings is 2. The van der Waals surface area contributed by atoms with Crippen molar-refractivity contribution in [1.29, 1.82) is 0 Å². The van der Waals surface area contributed by atoms with Gasteiger partial charge in [0.05, 0.1) is 5.56 Å². The van der Waals surface area contributed by atoms with Gasteiger partial charge < -0.3 is 0 Å². The molecule has 2 aromatic carbocycles. The molecule has 0 saturated carbocycles. The molecule has 0 saturated heterocycles. The van der Waals surface area contributed by atoms with Gasteiger partial charge >= 0.3 is 6.18 Å². The van der Waals surface area contributed by atoms with E-state index in [-0.39, 0.29) is 5.56 Å². The molecule has 2 aromatic rings. The van der Waals surface area contributed by atoms with E-state index in [2.05, 4.69) is 0 Å². The van der Waals surface area contributed by atoms with Crippen LogP contribution < -0.4 is 0 Å². The molecule has 2 rings (SSSR count). The Morgan fingerprint density at radius 3 is 1.75 bits per heavy atom. The highest BCUT2D eigenvalue weighted by molar-refractivity contribution is 5.64. The maximum absolute atomic E-state index is 13.5.